The molecule has 0 bridgehead atoms. The predicted octanol–water partition coefficient (Wildman–Crippen LogP) is 5.66. The van der Waals surface area contributed by atoms with Gasteiger partial charge in [-0.05, 0) is 60.7 Å². The van der Waals surface area contributed by atoms with Crippen molar-refractivity contribution in [3.63, 3.8) is 0 Å². The molecule has 0 N–H and O–H groups in total. The van der Waals surface area contributed by atoms with Crippen LogP contribution < -0.4 is 25.4 Å². The quantitative estimate of drug-likeness (QED) is 0.312. The molecule has 6 heteroatoms. The summed E-state index contributed by atoms with van der Waals surface area (Å²) in [7, 11) is -3.23. The van der Waals surface area contributed by atoms with E-state index in [4.69, 9.17) is 9.47 Å². The summed E-state index contributed by atoms with van der Waals surface area (Å²) in [6.07, 6.45) is 3.51. The lowest BCUT2D eigenvalue weighted by Gasteiger charge is -2.34. The van der Waals surface area contributed by atoms with Gasteiger partial charge in [0.25, 0.3) is 0 Å². The summed E-state index contributed by atoms with van der Waals surface area (Å²) in [6.45, 7) is 0. The molecule has 0 fully saturated rings. The summed E-state index contributed by atoms with van der Waals surface area (Å²) in [6, 6.07) is 28.7. The topological polar surface area (TPSA) is 61.3 Å². The van der Waals surface area contributed by atoms with E-state index < -0.39 is 7.14 Å². The molecule has 3 aromatic carbocycles. The van der Waals surface area contributed by atoms with E-state index in [-0.39, 0.29) is 0 Å². The maximum absolute atomic E-state index is 15.0. The Kier molecular flexibility index (Phi) is 4.05. The number of fused-ring (bicyclic) bond motifs is 4. The van der Waals surface area contributed by atoms with Crippen LogP contribution >= 0.6 is 7.14 Å². The van der Waals surface area contributed by atoms with E-state index in [1.165, 1.54) is 0 Å². The van der Waals surface area contributed by atoms with Gasteiger partial charge in [-0.1, -0.05) is 30.3 Å². The number of hydrogen-bond donors (Lipinski definition) is 0. The molecule has 2 aliphatic rings. The first-order valence-electron chi connectivity index (χ1n) is 10.9. The summed E-state index contributed by atoms with van der Waals surface area (Å²) < 4.78 is 27.6. The molecule has 5 nitrogen and oxygen atoms in total. The molecule has 2 aliphatic heterocycles. The number of hydrogen-bond acceptors (Lipinski definition) is 5. The lowest BCUT2D eigenvalue weighted by Crippen LogP contribution is -2.35. The van der Waals surface area contributed by atoms with Crippen molar-refractivity contribution in [3.05, 3.63) is 103 Å². The zero-order chi connectivity index (χ0) is 22.7. The van der Waals surface area contributed by atoms with Gasteiger partial charge in [-0.2, -0.15) is 0 Å². The van der Waals surface area contributed by atoms with Gasteiger partial charge in [0.05, 0.1) is 22.0 Å². The summed E-state index contributed by atoms with van der Waals surface area (Å²) in [5.41, 5.74) is 3.48. The fourth-order valence-corrected chi connectivity index (χ4v) is 7.70. The minimum absolute atomic E-state index is 0.561. The van der Waals surface area contributed by atoms with Gasteiger partial charge >= 0.3 is 0 Å². The van der Waals surface area contributed by atoms with Crippen molar-refractivity contribution in [2.75, 3.05) is 0 Å². The standard InChI is InChI=1S/C28H17N2O3P/c31-34-26-12-10-18(20-6-1-3-14-29-20)16-24(26)32-22-8-5-9-23(28(22)34)33-25-17-19(11-13-27(25)34)21-7-2-4-15-30-21/h1-17H. The fraction of sp³-hybridized carbons (Fsp3) is 0. The zero-order valence-electron chi connectivity index (χ0n) is 17.9. The molecule has 34 heavy (non-hydrogen) atoms. The molecule has 162 valence electrons. The first-order valence-corrected chi connectivity index (χ1v) is 12.6. The van der Waals surface area contributed by atoms with Gasteiger partial charge in [-0.15, -0.1) is 0 Å². The van der Waals surface area contributed by atoms with Crippen molar-refractivity contribution in [1.82, 2.24) is 9.97 Å². The molecular weight excluding hydrogens is 443 g/mol. The molecule has 0 saturated carbocycles. The van der Waals surface area contributed by atoms with Crippen LogP contribution in [-0.4, -0.2) is 9.97 Å². The van der Waals surface area contributed by atoms with E-state index in [1.807, 2.05) is 91.0 Å². The Bertz CT molecular complexity index is 1520. The first kappa shape index (κ1) is 19.3. The van der Waals surface area contributed by atoms with Crippen molar-refractivity contribution in [1.29, 1.82) is 0 Å². The third kappa shape index (κ3) is 2.71. The van der Waals surface area contributed by atoms with E-state index in [0.29, 0.717) is 38.9 Å². The maximum Gasteiger partial charge on any atom is 0.185 e. The number of nitrogens with zero attached hydrogens (tertiary/aromatic N) is 2. The predicted molar refractivity (Wildman–Crippen MR) is 132 cm³/mol. The second-order valence-corrected chi connectivity index (χ2v) is 10.8. The Hall–Kier alpha value is -4.21. The smallest absolute Gasteiger partial charge is 0.185 e. The lowest BCUT2D eigenvalue weighted by atomic mass is 10.1. The number of rotatable bonds is 2. The highest BCUT2D eigenvalue weighted by molar-refractivity contribution is 7.86. The monoisotopic (exact) mass is 460 g/mol. The Morgan fingerprint density at radius 2 is 1.09 bits per heavy atom. The summed E-state index contributed by atoms with van der Waals surface area (Å²) in [5, 5.41) is 1.95. The van der Waals surface area contributed by atoms with Crippen LogP contribution in [0.1, 0.15) is 0 Å². The number of benzene rings is 3. The Balaban J connectivity index is 1.45. The van der Waals surface area contributed by atoms with Crippen LogP contribution in [0.15, 0.2) is 103 Å². The van der Waals surface area contributed by atoms with Crippen LogP contribution in [0.4, 0.5) is 0 Å². The van der Waals surface area contributed by atoms with Crippen molar-refractivity contribution in [2.24, 2.45) is 0 Å². The number of ether oxygens (including phenoxy) is 2. The highest BCUT2D eigenvalue weighted by Gasteiger charge is 2.46. The molecule has 0 spiro atoms. The van der Waals surface area contributed by atoms with Gasteiger partial charge in [0, 0.05) is 23.5 Å². The largest absolute Gasteiger partial charge is 0.456 e. The molecule has 0 saturated heterocycles. The maximum atomic E-state index is 15.0. The van der Waals surface area contributed by atoms with Crippen LogP contribution in [0.3, 0.4) is 0 Å². The summed E-state index contributed by atoms with van der Waals surface area (Å²) >= 11 is 0. The molecule has 4 heterocycles. The summed E-state index contributed by atoms with van der Waals surface area (Å²) in [4.78, 5) is 8.90. The number of pyridine rings is 2. The SMILES string of the molecule is O=P12c3ccc(-c4ccccn4)cc3Oc3cccc(c31)Oc1cc(-c3ccccn3)ccc12. The lowest BCUT2D eigenvalue weighted by molar-refractivity contribution is 0.462. The Morgan fingerprint density at radius 3 is 1.56 bits per heavy atom. The van der Waals surface area contributed by atoms with E-state index in [0.717, 1.165) is 22.5 Å². The van der Waals surface area contributed by atoms with E-state index >= 15 is 4.57 Å². The van der Waals surface area contributed by atoms with Gasteiger partial charge in [-0.25, -0.2) is 0 Å². The van der Waals surface area contributed by atoms with Crippen molar-refractivity contribution < 1.29 is 14.0 Å². The highest BCUT2D eigenvalue weighted by Crippen LogP contribution is 2.58. The molecule has 0 atom stereocenters. The fourth-order valence-electron chi connectivity index (χ4n) is 4.68. The van der Waals surface area contributed by atoms with Crippen molar-refractivity contribution in [2.45, 2.75) is 0 Å². The van der Waals surface area contributed by atoms with E-state index in [9.17, 15) is 0 Å². The van der Waals surface area contributed by atoms with Crippen molar-refractivity contribution >= 4 is 23.1 Å². The Morgan fingerprint density at radius 1 is 0.559 bits per heavy atom. The summed E-state index contributed by atoms with van der Waals surface area (Å²) in [5.74, 6) is 2.28. The molecule has 0 amide bonds. The van der Waals surface area contributed by atoms with Crippen LogP contribution in [-0.2, 0) is 4.57 Å². The minimum Gasteiger partial charge on any atom is -0.456 e. The third-order valence-corrected chi connectivity index (χ3v) is 9.40. The minimum atomic E-state index is -3.23. The van der Waals surface area contributed by atoms with Crippen LogP contribution in [0.5, 0.6) is 23.0 Å². The number of aromatic nitrogens is 2. The van der Waals surface area contributed by atoms with Gasteiger partial charge in [0.2, 0.25) is 0 Å². The molecule has 2 aromatic heterocycles. The van der Waals surface area contributed by atoms with Gasteiger partial charge in [0.15, 0.2) is 7.14 Å². The van der Waals surface area contributed by atoms with E-state index in [1.54, 1.807) is 12.4 Å². The van der Waals surface area contributed by atoms with Gasteiger partial charge < -0.3 is 14.0 Å². The van der Waals surface area contributed by atoms with Crippen LogP contribution in [0.25, 0.3) is 22.5 Å². The average molecular weight is 460 g/mol. The Labute approximate surface area is 196 Å². The zero-order valence-corrected chi connectivity index (χ0v) is 18.8. The average Bonchev–Trinajstić information content (AvgIpc) is 2.89. The van der Waals surface area contributed by atoms with Crippen LogP contribution in [0.2, 0.25) is 0 Å². The molecule has 0 aliphatic carbocycles. The molecule has 0 unspecified atom stereocenters. The van der Waals surface area contributed by atoms with E-state index in [2.05, 4.69) is 9.97 Å². The second-order valence-electron chi connectivity index (χ2n) is 8.21. The third-order valence-electron chi connectivity index (χ3n) is 6.24. The molecule has 5 aromatic rings. The highest BCUT2D eigenvalue weighted by atomic mass is 31.2. The van der Waals surface area contributed by atoms with Crippen LogP contribution in [0, 0.1) is 0 Å². The van der Waals surface area contributed by atoms with Crippen molar-refractivity contribution in [3.8, 4) is 45.5 Å². The molecule has 7 rings (SSSR count). The molecular formula is C28H17N2O3P. The molecule has 0 radical (unpaired) electrons. The van der Waals surface area contributed by atoms with Gasteiger partial charge in [0.1, 0.15) is 28.3 Å². The van der Waals surface area contributed by atoms with Gasteiger partial charge in [-0.3, -0.25) is 9.97 Å². The normalized spacial score (nSPS) is 14.1. The second kappa shape index (κ2) is 7.14. The first-order chi connectivity index (χ1) is 16.7.